The van der Waals surface area contributed by atoms with E-state index >= 15 is 0 Å². The van der Waals surface area contributed by atoms with Gasteiger partial charge in [-0.15, -0.1) is 24.0 Å². The number of anilines is 1. The summed E-state index contributed by atoms with van der Waals surface area (Å²) in [6.45, 7) is 5.84. The Bertz CT molecular complexity index is 825. The van der Waals surface area contributed by atoms with E-state index in [0.29, 0.717) is 25.8 Å². The Morgan fingerprint density at radius 1 is 1.16 bits per heavy atom. The summed E-state index contributed by atoms with van der Waals surface area (Å²) >= 11 is 0. The van der Waals surface area contributed by atoms with E-state index in [-0.39, 0.29) is 24.0 Å². The Balaban J connectivity index is 0.00000341. The molecular weight excluding hydrogens is 505 g/mol. The van der Waals surface area contributed by atoms with Crippen LogP contribution in [0.2, 0.25) is 0 Å². The fraction of sp³-hybridized carbons (Fsp3) is 0.478. The molecule has 31 heavy (non-hydrogen) atoms. The average Bonchev–Trinajstić information content (AvgIpc) is 2.78. The van der Waals surface area contributed by atoms with Crippen LogP contribution < -0.4 is 20.3 Å². The van der Waals surface area contributed by atoms with Gasteiger partial charge in [-0.2, -0.15) is 0 Å². The molecule has 1 aromatic heterocycles. The lowest BCUT2D eigenvalue weighted by atomic mass is 10.1. The minimum absolute atomic E-state index is 0. The lowest BCUT2D eigenvalue weighted by Crippen LogP contribution is -2.49. The highest BCUT2D eigenvalue weighted by atomic mass is 127. The molecule has 0 atom stereocenters. The molecule has 2 aromatic rings. The van der Waals surface area contributed by atoms with Gasteiger partial charge in [-0.1, -0.05) is 24.3 Å². The highest BCUT2D eigenvalue weighted by molar-refractivity contribution is 14.0. The number of para-hydroxylation sites is 1. The number of hydrogen-bond acceptors (Lipinski definition) is 5. The molecule has 1 aliphatic heterocycles. The van der Waals surface area contributed by atoms with Gasteiger partial charge in [0.15, 0.2) is 5.96 Å². The monoisotopic (exact) mass is 539 g/mol. The van der Waals surface area contributed by atoms with Crippen LogP contribution in [-0.2, 0) is 11.3 Å². The summed E-state index contributed by atoms with van der Waals surface area (Å²) in [5, 5.41) is 6.87. The molecule has 1 saturated heterocycles. The molecule has 0 bridgehead atoms. The maximum Gasteiger partial charge on any atom is 0.191 e. The van der Waals surface area contributed by atoms with Crippen LogP contribution in [-0.4, -0.2) is 57.4 Å². The predicted molar refractivity (Wildman–Crippen MR) is 137 cm³/mol. The summed E-state index contributed by atoms with van der Waals surface area (Å²) in [5.41, 5.74) is 2.11. The number of rotatable bonds is 8. The van der Waals surface area contributed by atoms with E-state index in [1.807, 2.05) is 37.3 Å². The number of guanidine groups is 1. The van der Waals surface area contributed by atoms with Crippen LogP contribution in [0.1, 0.15) is 24.1 Å². The van der Waals surface area contributed by atoms with Crippen molar-refractivity contribution in [3.8, 4) is 5.75 Å². The highest BCUT2D eigenvalue weighted by Gasteiger charge is 2.20. The number of piperidine rings is 1. The van der Waals surface area contributed by atoms with E-state index in [9.17, 15) is 0 Å². The summed E-state index contributed by atoms with van der Waals surface area (Å²) in [7, 11) is 3.48. The average molecular weight is 539 g/mol. The first kappa shape index (κ1) is 25.2. The SMILES string of the molecule is CN=C(NCCOCc1ccccc1OC)NC1CCN(c2cccc(C)n2)CC1.I. The zero-order valence-corrected chi connectivity index (χ0v) is 21.0. The van der Waals surface area contributed by atoms with Gasteiger partial charge in [0, 0.05) is 44.0 Å². The Hall–Kier alpha value is -2.07. The van der Waals surface area contributed by atoms with Gasteiger partial charge in [-0.05, 0) is 38.0 Å². The second-order valence-corrected chi connectivity index (χ2v) is 7.41. The normalized spacial score (nSPS) is 14.7. The third-order valence-electron chi connectivity index (χ3n) is 5.25. The van der Waals surface area contributed by atoms with Gasteiger partial charge in [0.25, 0.3) is 0 Å². The number of nitrogens with zero attached hydrogens (tertiary/aromatic N) is 3. The first-order chi connectivity index (χ1) is 14.7. The topological polar surface area (TPSA) is 71.0 Å². The van der Waals surface area contributed by atoms with Crippen LogP contribution in [0.4, 0.5) is 5.82 Å². The lowest BCUT2D eigenvalue weighted by molar-refractivity contribution is 0.123. The van der Waals surface area contributed by atoms with E-state index in [1.165, 1.54) is 0 Å². The minimum atomic E-state index is 0. The Kier molecular flexibility index (Phi) is 10.9. The van der Waals surface area contributed by atoms with E-state index in [4.69, 9.17) is 9.47 Å². The van der Waals surface area contributed by atoms with Crippen molar-refractivity contribution in [3.05, 3.63) is 53.7 Å². The number of nitrogens with one attached hydrogen (secondary N) is 2. The summed E-state index contributed by atoms with van der Waals surface area (Å²) in [6, 6.07) is 14.5. The number of halogens is 1. The molecule has 1 aromatic carbocycles. The van der Waals surface area contributed by atoms with Gasteiger partial charge in [0.2, 0.25) is 0 Å². The second-order valence-electron chi connectivity index (χ2n) is 7.41. The molecule has 170 valence electrons. The third kappa shape index (κ3) is 7.84. The zero-order valence-electron chi connectivity index (χ0n) is 18.6. The van der Waals surface area contributed by atoms with Gasteiger partial charge in [-0.3, -0.25) is 4.99 Å². The fourth-order valence-corrected chi connectivity index (χ4v) is 3.59. The molecule has 0 aliphatic carbocycles. The maximum absolute atomic E-state index is 5.78. The minimum Gasteiger partial charge on any atom is -0.496 e. The van der Waals surface area contributed by atoms with Crippen LogP contribution in [0.15, 0.2) is 47.5 Å². The van der Waals surface area contributed by atoms with Crippen molar-refractivity contribution in [2.75, 3.05) is 45.3 Å². The number of pyridine rings is 1. The van der Waals surface area contributed by atoms with E-state index in [0.717, 1.165) is 54.7 Å². The van der Waals surface area contributed by atoms with Gasteiger partial charge in [0.05, 0.1) is 20.3 Å². The molecule has 1 aliphatic rings. The molecule has 0 amide bonds. The molecule has 0 unspecified atom stereocenters. The molecule has 0 saturated carbocycles. The van der Waals surface area contributed by atoms with Crippen molar-refractivity contribution in [1.82, 2.24) is 15.6 Å². The summed E-state index contributed by atoms with van der Waals surface area (Å²) in [5.74, 6) is 2.75. The molecule has 3 rings (SSSR count). The second kappa shape index (κ2) is 13.4. The van der Waals surface area contributed by atoms with Gasteiger partial charge >= 0.3 is 0 Å². The van der Waals surface area contributed by atoms with Crippen LogP contribution >= 0.6 is 24.0 Å². The van der Waals surface area contributed by atoms with Crippen molar-refractivity contribution < 1.29 is 9.47 Å². The molecule has 7 nitrogen and oxygen atoms in total. The number of aromatic nitrogens is 1. The number of aryl methyl sites for hydroxylation is 1. The van der Waals surface area contributed by atoms with Crippen molar-refractivity contribution in [1.29, 1.82) is 0 Å². The first-order valence-electron chi connectivity index (χ1n) is 10.5. The molecule has 8 heteroatoms. The molecule has 2 heterocycles. The smallest absolute Gasteiger partial charge is 0.191 e. The molecule has 2 N–H and O–H groups in total. The number of methoxy groups -OCH3 is 1. The summed E-state index contributed by atoms with van der Waals surface area (Å²) < 4.78 is 11.1. The van der Waals surface area contributed by atoms with Crippen LogP contribution in [0, 0.1) is 6.92 Å². The van der Waals surface area contributed by atoms with Gasteiger partial charge in [0.1, 0.15) is 11.6 Å². The van der Waals surface area contributed by atoms with Gasteiger partial charge in [-0.25, -0.2) is 4.98 Å². The van der Waals surface area contributed by atoms with Crippen LogP contribution in [0.25, 0.3) is 0 Å². The number of hydrogen-bond donors (Lipinski definition) is 2. The van der Waals surface area contributed by atoms with Crippen LogP contribution in [0.5, 0.6) is 5.75 Å². The molecule has 0 spiro atoms. The van der Waals surface area contributed by atoms with Crippen LogP contribution in [0.3, 0.4) is 0 Å². The predicted octanol–water partition coefficient (Wildman–Crippen LogP) is 3.37. The van der Waals surface area contributed by atoms with E-state index in [1.54, 1.807) is 14.2 Å². The quantitative estimate of drug-likeness (QED) is 0.232. The third-order valence-corrected chi connectivity index (χ3v) is 5.25. The zero-order chi connectivity index (χ0) is 21.2. The van der Waals surface area contributed by atoms with Crippen molar-refractivity contribution in [2.24, 2.45) is 4.99 Å². The summed E-state index contributed by atoms with van der Waals surface area (Å²) in [6.07, 6.45) is 2.11. The number of aliphatic imine (C=N–C) groups is 1. The molecule has 0 radical (unpaired) electrons. The summed E-state index contributed by atoms with van der Waals surface area (Å²) in [4.78, 5) is 11.3. The lowest BCUT2D eigenvalue weighted by Gasteiger charge is -2.34. The van der Waals surface area contributed by atoms with Gasteiger partial charge < -0.3 is 25.0 Å². The Morgan fingerprint density at radius 2 is 1.94 bits per heavy atom. The fourth-order valence-electron chi connectivity index (χ4n) is 3.59. The van der Waals surface area contributed by atoms with E-state index in [2.05, 4.69) is 37.6 Å². The van der Waals surface area contributed by atoms with E-state index < -0.39 is 0 Å². The molecule has 1 fully saturated rings. The molecular formula is C23H34IN5O2. The van der Waals surface area contributed by atoms with Crippen molar-refractivity contribution in [2.45, 2.75) is 32.4 Å². The largest absolute Gasteiger partial charge is 0.496 e. The van der Waals surface area contributed by atoms with Crippen molar-refractivity contribution >= 4 is 35.8 Å². The Morgan fingerprint density at radius 3 is 2.65 bits per heavy atom. The first-order valence-corrected chi connectivity index (χ1v) is 10.5. The standard InChI is InChI=1S/C23H33N5O2.HI/c1-18-7-6-10-22(26-18)28-14-11-20(12-15-28)27-23(24-2)25-13-16-30-17-19-8-4-5-9-21(19)29-3;/h4-10,20H,11-17H2,1-3H3,(H2,24,25,27);1H. The van der Waals surface area contributed by atoms with Crippen molar-refractivity contribution in [3.63, 3.8) is 0 Å². The highest BCUT2D eigenvalue weighted by Crippen LogP contribution is 2.19. The number of benzene rings is 1. The Labute approximate surface area is 202 Å². The maximum atomic E-state index is 5.78. The number of ether oxygens (including phenoxy) is 2.